The third kappa shape index (κ3) is 3.06. The van der Waals surface area contributed by atoms with E-state index < -0.39 is 0 Å². The molecule has 2 rings (SSSR count). The molecule has 17 heavy (non-hydrogen) atoms. The summed E-state index contributed by atoms with van der Waals surface area (Å²) in [5, 5.41) is 0. The molecule has 1 aliphatic carbocycles. The van der Waals surface area contributed by atoms with Gasteiger partial charge in [0.25, 0.3) is 0 Å². The maximum atomic E-state index is 13.1. The lowest BCUT2D eigenvalue weighted by molar-refractivity contribution is -0.132. The molecule has 0 saturated heterocycles. The van der Waals surface area contributed by atoms with E-state index in [1.807, 2.05) is 6.92 Å². The number of rotatable bonds is 4. The fourth-order valence-electron chi connectivity index (χ4n) is 1.80. The highest BCUT2D eigenvalue weighted by Gasteiger charge is 2.32. The summed E-state index contributed by atoms with van der Waals surface area (Å²) in [6, 6.07) is 4.57. The van der Waals surface area contributed by atoms with Crippen molar-refractivity contribution in [3.8, 4) is 0 Å². The predicted octanol–water partition coefficient (Wildman–Crippen LogP) is 3.35. The number of amides is 1. The number of carbonyl (C=O) groups excluding carboxylic acids is 1. The molecule has 2 nitrogen and oxygen atoms in total. The number of carbonyl (C=O) groups is 1. The molecule has 0 aliphatic heterocycles. The van der Waals surface area contributed by atoms with Gasteiger partial charge in [0.1, 0.15) is 5.82 Å². The molecule has 0 heterocycles. The second kappa shape index (κ2) is 5.17. The summed E-state index contributed by atoms with van der Waals surface area (Å²) in [4.78, 5) is 13.7. The molecule has 0 N–H and O–H groups in total. The number of halogens is 2. The van der Waals surface area contributed by atoms with Gasteiger partial charge in [-0.2, -0.15) is 0 Å². The minimum atomic E-state index is -0.266. The molecule has 0 radical (unpaired) electrons. The van der Waals surface area contributed by atoms with Crippen molar-refractivity contribution in [1.82, 2.24) is 4.90 Å². The molecule has 0 aromatic heterocycles. The van der Waals surface area contributed by atoms with Gasteiger partial charge in [-0.1, -0.05) is 15.9 Å². The standard InChI is InChI=1S/C13H15BrFNO/c1-2-16(13(17)9-3-4-9)8-10-7-11(15)5-6-12(10)14/h5-7,9H,2-4,8H2,1H3. The second-order valence-electron chi connectivity index (χ2n) is 4.36. The first-order chi connectivity index (χ1) is 8.11. The minimum Gasteiger partial charge on any atom is -0.338 e. The SMILES string of the molecule is CCN(Cc1cc(F)ccc1Br)C(=O)C1CC1. The maximum absolute atomic E-state index is 13.1. The molecule has 1 aliphatic rings. The maximum Gasteiger partial charge on any atom is 0.225 e. The summed E-state index contributed by atoms with van der Waals surface area (Å²) < 4.78 is 14.0. The van der Waals surface area contributed by atoms with Crippen LogP contribution in [0.4, 0.5) is 4.39 Å². The Bertz CT molecular complexity index is 431. The molecule has 1 saturated carbocycles. The molecule has 92 valence electrons. The van der Waals surface area contributed by atoms with Gasteiger partial charge in [-0.15, -0.1) is 0 Å². The van der Waals surface area contributed by atoms with E-state index in [0.717, 1.165) is 22.9 Å². The van der Waals surface area contributed by atoms with Gasteiger partial charge >= 0.3 is 0 Å². The van der Waals surface area contributed by atoms with Crippen molar-refractivity contribution < 1.29 is 9.18 Å². The van der Waals surface area contributed by atoms with Gasteiger partial charge in [-0.25, -0.2) is 4.39 Å². The lowest BCUT2D eigenvalue weighted by atomic mass is 10.2. The highest BCUT2D eigenvalue weighted by atomic mass is 79.9. The van der Waals surface area contributed by atoms with Crippen LogP contribution in [0.5, 0.6) is 0 Å². The minimum absolute atomic E-state index is 0.198. The first-order valence-corrected chi connectivity index (χ1v) is 6.64. The Morgan fingerprint density at radius 2 is 2.24 bits per heavy atom. The molecular formula is C13H15BrFNO. The van der Waals surface area contributed by atoms with Crippen LogP contribution in [0.2, 0.25) is 0 Å². The summed E-state index contributed by atoms with van der Waals surface area (Å²) >= 11 is 3.39. The van der Waals surface area contributed by atoms with Crippen molar-refractivity contribution in [3.05, 3.63) is 34.1 Å². The number of hydrogen-bond acceptors (Lipinski definition) is 1. The Labute approximate surface area is 109 Å². The zero-order chi connectivity index (χ0) is 12.4. The van der Waals surface area contributed by atoms with Crippen LogP contribution in [-0.4, -0.2) is 17.4 Å². The van der Waals surface area contributed by atoms with Crippen LogP contribution < -0.4 is 0 Å². The molecule has 0 spiro atoms. The largest absolute Gasteiger partial charge is 0.338 e. The van der Waals surface area contributed by atoms with Crippen LogP contribution in [0, 0.1) is 11.7 Å². The van der Waals surface area contributed by atoms with Gasteiger partial charge in [0, 0.05) is 23.5 Å². The number of benzene rings is 1. The average molecular weight is 300 g/mol. The van der Waals surface area contributed by atoms with E-state index in [4.69, 9.17) is 0 Å². The van der Waals surface area contributed by atoms with Crippen molar-refractivity contribution in [3.63, 3.8) is 0 Å². The van der Waals surface area contributed by atoms with Crippen molar-refractivity contribution in [2.45, 2.75) is 26.3 Å². The van der Waals surface area contributed by atoms with Gasteiger partial charge < -0.3 is 4.90 Å². The van der Waals surface area contributed by atoms with Gasteiger partial charge in [-0.05, 0) is 43.5 Å². The van der Waals surface area contributed by atoms with Crippen molar-refractivity contribution in [1.29, 1.82) is 0 Å². The van der Waals surface area contributed by atoms with E-state index in [0.29, 0.717) is 13.1 Å². The summed E-state index contributed by atoms with van der Waals surface area (Å²) in [7, 11) is 0. The van der Waals surface area contributed by atoms with E-state index in [1.54, 1.807) is 11.0 Å². The van der Waals surface area contributed by atoms with Crippen LogP contribution in [0.15, 0.2) is 22.7 Å². The molecule has 1 aromatic rings. The Balaban J connectivity index is 2.11. The van der Waals surface area contributed by atoms with Crippen LogP contribution in [0.3, 0.4) is 0 Å². The topological polar surface area (TPSA) is 20.3 Å². The monoisotopic (exact) mass is 299 g/mol. The zero-order valence-electron chi connectivity index (χ0n) is 9.75. The zero-order valence-corrected chi connectivity index (χ0v) is 11.3. The van der Waals surface area contributed by atoms with Crippen molar-refractivity contribution in [2.24, 2.45) is 5.92 Å². The fourth-order valence-corrected chi connectivity index (χ4v) is 2.18. The van der Waals surface area contributed by atoms with E-state index in [9.17, 15) is 9.18 Å². The quantitative estimate of drug-likeness (QED) is 0.835. The summed E-state index contributed by atoms with van der Waals surface area (Å²) in [6.45, 7) is 3.09. The number of hydrogen-bond donors (Lipinski definition) is 0. The molecular weight excluding hydrogens is 285 g/mol. The van der Waals surface area contributed by atoms with E-state index in [2.05, 4.69) is 15.9 Å². The smallest absolute Gasteiger partial charge is 0.225 e. The van der Waals surface area contributed by atoms with Gasteiger partial charge in [-0.3, -0.25) is 4.79 Å². The molecule has 0 unspecified atom stereocenters. The third-order valence-electron chi connectivity index (χ3n) is 2.99. The first-order valence-electron chi connectivity index (χ1n) is 5.84. The molecule has 1 fully saturated rings. The van der Waals surface area contributed by atoms with Crippen LogP contribution in [-0.2, 0) is 11.3 Å². The van der Waals surface area contributed by atoms with Crippen molar-refractivity contribution in [2.75, 3.05) is 6.54 Å². The molecule has 4 heteroatoms. The van der Waals surface area contributed by atoms with Crippen LogP contribution in [0.1, 0.15) is 25.3 Å². The van der Waals surface area contributed by atoms with E-state index >= 15 is 0 Å². The average Bonchev–Trinajstić information content (AvgIpc) is 3.13. The molecule has 1 aromatic carbocycles. The highest BCUT2D eigenvalue weighted by Crippen LogP contribution is 2.32. The van der Waals surface area contributed by atoms with Gasteiger partial charge in [0.2, 0.25) is 5.91 Å². The normalized spacial score (nSPS) is 14.8. The summed E-state index contributed by atoms with van der Waals surface area (Å²) in [5.41, 5.74) is 0.820. The summed E-state index contributed by atoms with van der Waals surface area (Å²) in [6.07, 6.45) is 2.00. The van der Waals surface area contributed by atoms with Gasteiger partial charge in [0.15, 0.2) is 0 Å². The highest BCUT2D eigenvalue weighted by molar-refractivity contribution is 9.10. The fraction of sp³-hybridized carbons (Fsp3) is 0.462. The first kappa shape index (κ1) is 12.6. The van der Waals surface area contributed by atoms with E-state index in [1.165, 1.54) is 12.1 Å². The Morgan fingerprint density at radius 3 is 2.82 bits per heavy atom. The summed E-state index contributed by atoms with van der Waals surface area (Å²) in [5.74, 6) is 0.143. The molecule has 0 bridgehead atoms. The predicted molar refractivity (Wildman–Crippen MR) is 67.9 cm³/mol. The van der Waals surface area contributed by atoms with Crippen molar-refractivity contribution >= 4 is 21.8 Å². The Hall–Kier alpha value is -0.900. The Kier molecular flexibility index (Phi) is 3.82. The number of nitrogens with zero attached hydrogens (tertiary/aromatic N) is 1. The molecule has 0 atom stereocenters. The van der Waals surface area contributed by atoms with Crippen LogP contribution in [0.25, 0.3) is 0 Å². The lowest BCUT2D eigenvalue weighted by Crippen LogP contribution is -2.31. The van der Waals surface area contributed by atoms with Crippen LogP contribution >= 0.6 is 15.9 Å². The third-order valence-corrected chi connectivity index (χ3v) is 3.76. The second-order valence-corrected chi connectivity index (χ2v) is 5.22. The lowest BCUT2D eigenvalue weighted by Gasteiger charge is -2.21. The molecule has 1 amide bonds. The van der Waals surface area contributed by atoms with Gasteiger partial charge in [0.05, 0.1) is 0 Å². The van der Waals surface area contributed by atoms with E-state index in [-0.39, 0.29) is 17.6 Å². The Morgan fingerprint density at radius 1 is 1.53 bits per heavy atom.